The molecule has 2 aromatic heterocycles. The average Bonchev–Trinajstić information content (AvgIpc) is 2.99. The Hall–Kier alpha value is -3.40. The van der Waals surface area contributed by atoms with Crippen LogP contribution in [0.1, 0.15) is 93.1 Å². The zero-order chi connectivity index (χ0) is 27.6. The first-order valence-corrected chi connectivity index (χ1v) is 16.2. The van der Waals surface area contributed by atoms with Gasteiger partial charge in [-0.25, -0.2) is 0 Å². The lowest BCUT2D eigenvalue weighted by Gasteiger charge is -2.36. The van der Waals surface area contributed by atoms with Crippen molar-refractivity contribution in [3.05, 3.63) is 82.7 Å². The maximum absolute atomic E-state index is 5.15. The second-order valence-electron chi connectivity index (χ2n) is 12.7. The van der Waals surface area contributed by atoms with Gasteiger partial charge in [0.15, 0.2) is 0 Å². The van der Waals surface area contributed by atoms with Crippen molar-refractivity contribution in [2.24, 2.45) is 5.92 Å². The van der Waals surface area contributed by atoms with Crippen LogP contribution >= 0.6 is 0 Å². The Morgan fingerprint density at radius 3 is 2.12 bits per heavy atom. The third-order valence-electron chi connectivity index (χ3n) is 9.68. The second kappa shape index (κ2) is 11.8. The predicted molar refractivity (Wildman–Crippen MR) is 173 cm³/mol. The van der Waals surface area contributed by atoms with Crippen molar-refractivity contribution in [3.63, 3.8) is 0 Å². The Bertz CT molecular complexity index is 1590. The van der Waals surface area contributed by atoms with Crippen LogP contribution in [0.3, 0.4) is 0 Å². The molecule has 2 heterocycles. The number of hydrogen-bond acceptors (Lipinski definition) is 4. The Labute approximate surface area is 245 Å². The molecule has 0 aliphatic heterocycles. The van der Waals surface area contributed by atoms with Crippen LogP contribution in [0.25, 0.3) is 21.8 Å². The maximum Gasteiger partial charge on any atom is 0.0726 e. The summed E-state index contributed by atoms with van der Waals surface area (Å²) in [6.07, 6.45) is 17.2. The van der Waals surface area contributed by atoms with Crippen molar-refractivity contribution < 1.29 is 0 Å². The quantitative estimate of drug-likeness (QED) is 0.154. The third kappa shape index (κ3) is 5.46. The Morgan fingerprint density at radius 2 is 1.34 bits per heavy atom. The van der Waals surface area contributed by atoms with Crippen LogP contribution in [0.2, 0.25) is 0 Å². The molecule has 0 saturated carbocycles. The summed E-state index contributed by atoms with van der Waals surface area (Å²) in [5.41, 5.74) is 12.2. The van der Waals surface area contributed by atoms with Crippen LogP contribution in [0, 0.1) is 5.92 Å². The van der Waals surface area contributed by atoms with Gasteiger partial charge in [-0.2, -0.15) is 0 Å². The van der Waals surface area contributed by atoms with Gasteiger partial charge in [0.25, 0.3) is 0 Å². The van der Waals surface area contributed by atoms with Gasteiger partial charge >= 0.3 is 0 Å². The van der Waals surface area contributed by atoms with Crippen molar-refractivity contribution in [1.29, 1.82) is 0 Å². The van der Waals surface area contributed by atoms with Gasteiger partial charge in [-0.05, 0) is 94.2 Å². The van der Waals surface area contributed by atoms with E-state index in [-0.39, 0.29) is 0 Å². The molecule has 0 unspecified atom stereocenters. The lowest BCUT2D eigenvalue weighted by molar-refractivity contribution is 0.433. The molecule has 0 spiro atoms. The summed E-state index contributed by atoms with van der Waals surface area (Å²) in [5, 5.41) is 10.4. The predicted octanol–water partition coefficient (Wildman–Crippen LogP) is 9.13. The van der Waals surface area contributed by atoms with E-state index in [1.54, 1.807) is 5.57 Å². The van der Waals surface area contributed by atoms with Crippen LogP contribution in [0.15, 0.2) is 60.2 Å². The van der Waals surface area contributed by atoms with E-state index in [2.05, 4.69) is 72.2 Å². The zero-order valence-corrected chi connectivity index (χ0v) is 24.6. The number of fused-ring (bicyclic) bond motifs is 7. The number of pyridine rings is 2. The zero-order valence-electron chi connectivity index (χ0n) is 24.6. The fourth-order valence-electron chi connectivity index (χ4n) is 7.83. The highest BCUT2D eigenvalue weighted by Gasteiger charge is 2.33. The number of para-hydroxylation sites is 2. The lowest BCUT2D eigenvalue weighted by Crippen LogP contribution is -2.24. The summed E-state index contributed by atoms with van der Waals surface area (Å²) in [5.74, 6) is 1.28. The highest BCUT2D eigenvalue weighted by atomic mass is 14.9. The molecule has 7 rings (SSSR count). The molecule has 2 N–H and O–H groups in total. The minimum absolute atomic E-state index is 0.615. The van der Waals surface area contributed by atoms with E-state index in [9.17, 15) is 0 Å². The molecular formula is C37H44N4. The molecule has 2 bridgehead atoms. The number of unbranched alkanes of at least 4 members (excludes halogenated alkanes) is 4. The molecule has 3 aliphatic carbocycles. The monoisotopic (exact) mass is 544 g/mol. The van der Waals surface area contributed by atoms with Crippen LogP contribution in [-0.2, 0) is 19.3 Å². The molecule has 2 aromatic carbocycles. The molecule has 0 amide bonds. The molecule has 4 aromatic rings. The number of aromatic nitrogens is 2. The van der Waals surface area contributed by atoms with Gasteiger partial charge in [0.1, 0.15) is 0 Å². The number of anilines is 2. The first-order valence-electron chi connectivity index (χ1n) is 16.2. The minimum Gasteiger partial charge on any atom is -0.384 e. The lowest BCUT2D eigenvalue weighted by atomic mass is 9.71. The molecule has 2 atom stereocenters. The van der Waals surface area contributed by atoms with E-state index in [0.717, 1.165) is 43.4 Å². The molecule has 212 valence electrons. The van der Waals surface area contributed by atoms with Crippen LogP contribution < -0.4 is 10.6 Å². The summed E-state index contributed by atoms with van der Waals surface area (Å²) in [7, 11) is 0. The summed E-state index contributed by atoms with van der Waals surface area (Å²) in [6.45, 7) is 4.40. The first kappa shape index (κ1) is 26.5. The summed E-state index contributed by atoms with van der Waals surface area (Å²) in [4.78, 5) is 10.1. The van der Waals surface area contributed by atoms with Crippen molar-refractivity contribution in [1.82, 2.24) is 9.97 Å². The Kier molecular flexibility index (Phi) is 7.65. The molecule has 0 radical (unpaired) electrons. The van der Waals surface area contributed by atoms with E-state index in [1.165, 1.54) is 102 Å². The topological polar surface area (TPSA) is 49.8 Å². The highest BCUT2D eigenvalue weighted by molar-refractivity contribution is 5.94. The van der Waals surface area contributed by atoms with Crippen molar-refractivity contribution >= 4 is 33.2 Å². The minimum atomic E-state index is 0.615. The molecule has 4 nitrogen and oxygen atoms in total. The fraction of sp³-hybridized carbons (Fsp3) is 0.459. The standard InChI is InChI=1S/C37H44N4/c1-25-21-26-23-27(22-25)35-34(24-26)41-33-18-10-7-15-30(33)37(35)39-20-12-4-2-3-11-19-38-36-28-13-5-8-16-31(28)40-32-17-9-6-14-29(32)36/h5,7-8,10,13,15-16,18,21,26-27H,2-4,6,9,11-12,14,17,19-20,22-24H2,1H3,(H,38,40)(H,39,41)/t26-,27+/m0/s1. The fourth-order valence-corrected chi connectivity index (χ4v) is 7.83. The van der Waals surface area contributed by atoms with E-state index in [0.29, 0.717) is 11.8 Å². The van der Waals surface area contributed by atoms with Gasteiger partial charge in [-0.1, -0.05) is 67.3 Å². The maximum atomic E-state index is 5.15. The van der Waals surface area contributed by atoms with Crippen LogP contribution in [-0.4, -0.2) is 23.1 Å². The number of benzene rings is 2. The van der Waals surface area contributed by atoms with Crippen molar-refractivity contribution in [2.75, 3.05) is 23.7 Å². The summed E-state index contributed by atoms with van der Waals surface area (Å²) >= 11 is 0. The SMILES string of the molecule is CC1=C[C@@H]2Cc3nc4ccccc4c(NCCCCCCCNc4c5c(nc6ccccc46)CCCC5)c3[C@H](C1)C2. The number of nitrogens with zero attached hydrogens (tertiary/aromatic N) is 2. The highest BCUT2D eigenvalue weighted by Crippen LogP contribution is 2.47. The van der Waals surface area contributed by atoms with Crippen LogP contribution in [0.4, 0.5) is 11.4 Å². The first-order chi connectivity index (χ1) is 20.2. The van der Waals surface area contributed by atoms with Crippen molar-refractivity contribution in [2.45, 2.75) is 89.9 Å². The smallest absolute Gasteiger partial charge is 0.0726 e. The number of rotatable bonds is 10. The molecule has 41 heavy (non-hydrogen) atoms. The third-order valence-corrected chi connectivity index (χ3v) is 9.68. The van der Waals surface area contributed by atoms with Gasteiger partial charge in [-0.15, -0.1) is 0 Å². The van der Waals surface area contributed by atoms with Gasteiger partial charge in [0, 0.05) is 52.2 Å². The second-order valence-corrected chi connectivity index (χ2v) is 12.7. The molecule has 3 aliphatic rings. The van der Waals surface area contributed by atoms with Gasteiger partial charge in [-0.3, -0.25) is 9.97 Å². The normalized spacial score (nSPS) is 19.5. The Balaban J connectivity index is 0.926. The van der Waals surface area contributed by atoms with Gasteiger partial charge in [0.2, 0.25) is 0 Å². The Morgan fingerprint density at radius 1 is 0.707 bits per heavy atom. The molecule has 0 fully saturated rings. The van der Waals surface area contributed by atoms with E-state index < -0.39 is 0 Å². The number of hydrogen-bond donors (Lipinski definition) is 2. The van der Waals surface area contributed by atoms with Gasteiger partial charge in [0.05, 0.1) is 11.0 Å². The van der Waals surface area contributed by atoms with Gasteiger partial charge < -0.3 is 10.6 Å². The summed E-state index contributed by atoms with van der Waals surface area (Å²) < 4.78 is 0. The van der Waals surface area contributed by atoms with Crippen LogP contribution in [0.5, 0.6) is 0 Å². The van der Waals surface area contributed by atoms with E-state index in [1.807, 2.05) is 0 Å². The van der Waals surface area contributed by atoms with Crippen molar-refractivity contribution in [3.8, 4) is 0 Å². The average molecular weight is 545 g/mol. The molecular weight excluding hydrogens is 500 g/mol. The van der Waals surface area contributed by atoms with E-state index in [4.69, 9.17) is 9.97 Å². The number of nitrogens with one attached hydrogen (secondary N) is 2. The molecule has 4 heteroatoms. The largest absolute Gasteiger partial charge is 0.384 e. The molecule has 0 saturated heterocycles. The number of aryl methyl sites for hydroxylation is 1. The number of allylic oxidation sites excluding steroid dienone is 2. The summed E-state index contributed by atoms with van der Waals surface area (Å²) in [6, 6.07) is 17.4. The van der Waals surface area contributed by atoms with E-state index >= 15 is 0 Å².